The van der Waals surface area contributed by atoms with E-state index in [0.29, 0.717) is 12.0 Å². The lowest BCUT2D eigenvalue weighted by molar-refractivity contribution is 0.117. The highest BCUT2D eigenvalue weighted by Crippen LogP contribution is 2.41. The largest absolute Gasteiger partial charge is 0.327 e. The number of nitrogens with two attached hydrogens (primary N) is 1. The fraction of sp³-hybridized carbons (Fsp3) is 0.846. The van der Waals surface area contributed by atoms with E-state index in [1.54, 1.807) is 0 Å². The first-order chi connectivity index (χ1) is 6.47. The third-order valence-electron chi connectivity index (χ3n) is 3.72. The molecule has 1 saturated carbocycles. The standard InChI is InChI=1S/C13H23N/c1-5-8-13(3,4)11-7-6-10(2)9-12(11)14/h1,10-12H,6-9,14H2,2-4H3. The van der Waals surface area contributed by atoms with E-state index in [0.717, 1.165) is 12.3 Å². The van der Waals surface area contributed by atoms with Gasteiger partial charge in [0, 0.05) is 12.5 Å². The monoisotopic (exact) mass is 193 g/mol. The fourth-order valence-electron chi connectivity index (χ4n) is 2.79. The Morgan fingerprint density at radius 1 is 1.43 bits per heavy atom. The summed E-state index contributed by atoms with van der Waals surface area (Å²) in [5.41, 5.74) is 6.43. The van der Waals surface area contributed by atoms with Crippen LogP contribution in [0.1, 0.15) is 46.5 Å². The van der Waals surface area contributed by atoms with Crippen molar-refractivity contribution in [1.29, 1.82) is 0 Å². The molecule has 1 nitrogen and oxygen atoms in total. The van der Waals surface area contributed by atoms with Crippen LogP contribution in [-0.4, -0.2) is 6.04 Å². The average Bonchev–Trinajstić information content (AvgIpc) is 2.02. The van der Waals surface area contributed by atoms with Crippen molar-refractivity contribution < 1.29 is 0 Å². The molecule has 3 atom stereocenters. The quantitative estimate of drug-likeness (QED) is 0.670. The molecule has 1 rings (SSSR count). The molecule has 0 bridgehead atoms. The summed E-state index contributed by atoms with van der Waals surface area (Å²) in [7, 11) is 0. The summed E-state index contributed by atoms with van der Waals surface area (Å²) in [4.78, 5) is 0. The van der Waals surface area contributed by atoms with Crippen LogP contribution in [0.3, 0.4) is 0 Å². The molecule has 3 unspecified atom stereocenters. The lowest BCUT2D eigenvalue weighted by atomic mass is 9.65. The van der Waals surface area contributed by atoms with Crippen LogP contribution in [0.2, 0.25) is 0 Å². The van der Waals surface area contributed by atoms with Crippen LogP contribution in [-0.2, 0) is 0 Å². The highest BCUT2D eigenvalue weighted by atomic mass is 14.7. The smallest absolute Gasteiger partial charge is 0.0141 e. The first-order valence-corrected chi connectivity index (χ1v) is 5.66. The zero-order valence-corrected chi connectivity index (χ0v) is 9.72. The van der Waals surface area contributed by atoms with Crippen molar-refractivity contribution in [2.75, 3.05) is 0 Å². The molecular formula is C13H23N. The molecule has 0 aromatic carbocycles. The SMILES string of the molecule is C#CCC(C)(C)C1CCC(C)CC1N. The van der Waals surface area contributed by atoms with Gasteiger partial charge >= 0.3 is 0 Å². The summed E-state index contributed by atoms with van der Waals surface area (Å²) in [5, 5.41) is 0. The van der Waals surface area contributed by atoms with E-state index in [2.05, 4.69) is 26.7 Å². The van der Waals surface area contributed by atoms with Crippen molar-refractivity contribution in [2.45, 2.75) is 52.5 Å². The molecule has 0 amide bonds. The molecule has 0 aromatic rings. The number of hydrogen-bond donors (Lipinski definition) is 1. The van der Waals surface area contributed by atoms with Gasteiger partial charge in [0.15, 0.2) is 0 Å². The predicted octanol–water partition coefficient (Wildman–Crippen LogP) is 2.80. The Bertz CT molecular complexity index is 224. The second-order valence-electron chi connectivity index (χ2n) is 5.56. The van der Waals surface area contributed by atoms with Crippen LogP contribution in [0.4, 0.5) is 0 Å². The Morgan fingerprint density at radius 3 is 2.57 bits per heavy atom. The Morgan fingerprint density at radius 2 is 2.07 bits per heavy atom. The summed E-state index contributed by atoms with van der Waals surface area (Å²) in [5.74, 6) is 4.18. The van der Waals surface area contributed by atoms with Crippen LogP contribution in [0, 0.1) is 29.6 Å². The normalized spacial score (nSPS) is 33.8. The van der Waals surface area contributed by atoms with E-state index in [1.165, 1.54) is 19.3 Å². The molecule has 1 fully saturated rings. The van der Waals surface area contributed by atoms with Gasteiger partial charge in [-0.2, -0.15) is 0 Å². The van der Waals surface area contributed by atoms with Gasteiger partial charge in [-0.1, -0.05) is 27.2 Å². The Kier molecular flexibility index (Phi) is 3.61. The van der Waals surface area contributed by atoms with Gasteiger partial charge in [-0.3, -0.25) is 0 Å². The maximum absolute atomic E-state index is 6.22. The topological polar surface area (TPSA) is 26.0 Å². The van der Waals surface area contributed by atoms with Crippen molar-refractivity contribution in [2.24, 2.45) is 23.0 Å². The van der Waals surface area contributed by atoms with Gasteiger partial charge < -0.3 is 5.73 Å². The van der Waals surface area contributed by atoms with Gasteiger partial charge in [0.2, 0.25) is 0 Å². The van der Waals surface area contributed by atoms with Crippen molar-refractivity contribution in [3.63, 3.8) is 0 Å². The molecule has 0 saturated heterocycles. The summed E-state index contributed by atoms with van der Waals surface area (Å²) in [6.07, 6.45) is 9.97. The van der Waals surface area contributed by atoms with Crippen LogP contribution < -0.4 is 5.73 Å². The molecule has 0 spiro atoms. The number of terminal acetylenes is 1. The highest BCUT2D eigenvalue weighted by molar-refractivity contribution is 4.97. The Labute approximate surface area is 88.5 Å². The number of rotatable bonds is 2. The second kappa shape index (κ2) is 4.36. The third-order valence-corrected chi connectivity index (χ3v) is 3.72. The third kappa shape index (κ3) is 2.51. The molecule has 1 heteroatoms. The van der Waals surface area contributed by atoms with E-state index in [4.69, 9.17) is 12.2 Å². The van der Waals surface area contributed by atoms with Gasteiger partial charge in [-0.15, -0.1) is 12.3 Å². The molecular weight excluding hydrogens is 170 g/mol. The molecule has 0 aliphatic heterocycles. The molecule has 2 N–H and O–H groups in total. The predicted molar refractivity (Wildman–Crippen MR) is 61.7 cm³/mol. The first-order valence-electron chi connectivity index (χ1n) is 5.66. The number of hydrogen-bond acceptors (Lipinski definition) is 1. The Balaban J connectivity index is 2.64. The van der Waals surface area contributed by atoms with Crippen LogP contribution in [0.15, 0.2) is 0 Å². The molecule has 0 aromatic heterocycles. The lowest BCUT2D eigenvalue weighted by Crippen LogP contribution is -2.43. The second-order valence-corrected chi connectivity index (χ2v) is 5.56. The van der Waals surface area contributed by atoms with Crippen LogP contribution in [0.5, 0.6) is 0 Å². The van der Waals surface area contributed by atoms with E-state index in [9.17, 15) is 0 Å². The zero-order valence-electron chi connectivity index (χ0n) is 9.72. The first kappa shape index (κ1) is 11.6. The maximum atomic E-state index is 6.22. The molecule has 80 valence electrons. The van der Waals surface area contributed by atoms with Crippen LogP contribution in [0.25, 0.3) is 0 Å². The van der Waals surface area contributed by atoms with E-state index < -0.39 is 0 Å². The minimum atomic E-state index is 0.217. The molecule has 1 aliphatic carbocycles. The highest BCUT2D eigenvalue weighted by Gasteiger charge is 2.36. The van der Waals surface area contributed by atoms with Gasteiger partial charge in [0.25, 0.3) is 0 Å². The maximum Gasteiger partial charge on any atom is 0.0141 e. The summed E-state index contributed by atoms with van der Waals surface area (Å²) in [6.45, 7) is 6.81. The summed E-state index contributed by atoms with van der Waals surface area (Å²) < 4.78 is 0. The zero-order chi connectivity index (χ0) is 10.8. The van der Waals surface area contributed by atoms with Gasteiger partial charge in [-0.25, -0.2) is 0 Å². The van der Waals surface area contributed by atoms with Crippen molar-refractivity contribution in [3.05, 3.63) is 0 Å². The summed E-state index contributed by atoms with van der Waals surface area (Å²) in [6, 6.07) is 0.349. The van der Waals surface area contributed by atoms with Crippen LogP contribution >= 0.6 is 0 Å². The van der Waals surface area contributed by atoms with Gasteiger partial charge in [-0.05, 0) is 30.1 Å². The van der Waals surface area contributed by atoms with Gasteiger partial charge in [0.1, 0.15) is 0 Å². The average molecular weight is 193 g/mol. The minimum absolute atomic E-state index is 0.217. The fourth-order valence-corrected chi connectivity index (χ4v) is 2.79. The molecule has 14 heavy (non-hydrogen) atoms. The van der Waals surface area contributed by atoms with E-state index >= 15 is 0 Å². The minimum Gasteiger partial charge on any atom is -0.327 e. The van der Waals surface area contributed by atoms with Crippen molar-refractivity contribution in [1.82, 2.24) is 0 Å². The Hall–Kier alpha value is -0.480. The summed E-state index contributed by atoms with van der Waals surface area (Å²) >= 11 is 0. The van der Waals surface area contributed by atoms with Gasteiger partial charge in [0.05, 0.1) is 0 Å². The van der Waals surface area contributed by atoms with Crippen molar-refractivity contribution in [3.8, 4) is 12.3 Å². The van der Waals surface area contributed by atoms with E-state index in [1.807, 2.05) is 0 Å². The molecule has 0 heterocycles. The molecule has 0 radical (unpaired) electrons. The molecule has 1 aliphatic rings. The lowest BCUT2D eigenvalue weighted by Gasteiger charge is -2.42. The van der Waals surface area contributed by atoms with Crippen molar-refractivity contribution >= 4 is 0 Å². The van der Waals surface area contributed by atoms with E-state index in [-0.39, 0.29) is 5.41 Å².